The molecule has 3 rings (SSSR count). The fraction of sp³-hybridized carbons (Fsp3) is 0.118. The van der Waals surface area contributed by atoms with E-state index in [0.717, 1.165) is 0 Å². The van der Waals surface area contributed by atoms with Gasteiger partial charge in [-0.25, -0.2) is 4.98 Å². The van der Waals surface area contributed by atoms with Crippen molar-refractivity contribution in [2.24, 2.45) is 0 Å². The molecule has 0 aliphatic rings. The summed E-state index contributed by atoms with van der Waals surface area (Å²) in [5, 5.41) is 0. The molecule has 10 heteroatoms. The first-order valence-electron chi connectivity index (χ1n) is 7.65. The third-order valence-electron chi connectivity index (χ3n) is 3.56. The van der Waals surface area contributed by atoms with Gasteiger partial charge in [0, 0.05) is 16.7 Å². The van der Waals surface area contributed by atoms with Crippen LogP contribution in [0.5, 0.6) is 0 Å². The van der Waals surface area contributed by atoms with Gasteiger partial charge in [-0.05, 0) is 55.1 Å². The second-order valence-electron chi connectivity index (χ2n) is 5.46. The zero-order chi connectivity index (χ0) is 19.6. The lowest BCUT2D eigenvalue weighted by atomic mass is 10.2. The molecule has 0 atom stereocenters. The predicted molar refractivity (Wildman–Crippen MR) is 93.2 cm³/mol. The lowest BCUT2D eigenvalue weighted by Crippen LogP contribution is -2.42. The van der Waals surface area contributed by atoms with Gasteiger partial charge in [0.15, 0.2) is 0 Å². The number of hydrogen-bond acceptors (Lipinski definition) is 4. The lowest BCUT2D eigenvalue weighted by Gasteiger charge is -2.09. The van der Waals surface area contributed by atoms with Crippen LogP contribution in [0.3, 0.4) is 0 Å². The van der Waals surface area contributed by atoms with E-state index in [1.165, 1.54) is 24.3 Å². The molecule has 1 aromatic carbocycles. The molecular formula is C17H13F3N4O2S. The topological polar surface area (TPSA) is 75.5 Å². The summed E-state index contributed by atoms with van der Waals surface area (Å²) in [5.74, 6) is -1.22. The van der Waals surface area contributed by atoms with Crippen LogP contribution in [0.1, 0.15) is 26.5 Å². The van der Waals surface area contributed by atoms with Gasteiger partial charge in [0.2, 0.25) is 0 Å². The van der Waals surface area contributed by atoms with Crippen molar-refractivity contribution in [3.05, 3.63) is 65.6 Å². The molecule has 0 bridgehead atoms. The van der Waals surface area contributed by atoms with Crippen LogP contribution in [-0.4, -0.2) is 26.7 Å². The normalized spacial score (nSPS) is 11.4. The Morgan fingerprint density at radius 1 is 1.04 bits per heavy atom. The second kappa shape index (κ2) is 7.31. The summed E-state index contributed by atoms with van der Waals surface area (Å²) in [6, 6.07) is 10.1. The fourth-order valence-corrected chi connectivity index (χ4v) is 2.98. The van der Waals surface area contributed by atoms with Crippen LogP contribution < -0.4 is 10.9 Å². The summed E-state index contributed by atoms with van der Waals surface area (Å²) in [7, 11) is 0. The molecule has 2 heterocycles. The molecule has 6 nitrogen and oxygen atoms in total. The van der Waals surface area contributed by atoms with E-state index in [4.69, 9.17) is 0 Å². The monoisotopic (exact) mass is 394 g/mol. The number of hydrazine groups is 1. The van der Waals surface area contributed by atoms with E-state index in [0.29, 0.717) is 11.3 Å². The Labute approximate surface area is 155 Å². The lowest BCUT2D eigenvalue weighted by molar-refractivity contribution is -0.0328. The number of rotatable bonds is 3. The van der Waals surface area contributed by atoms with Gasteiger partial charge in [0.05, 0.1) is 5.69 Å². The molecule has 2 aromatic heterocycles. The number of aryl methyl sites for hydroxylation is 1. The molecular weight excluding hydrogens is 381 g/mol. The number of fused-ring (bicyclic) bond motifs is 1. The number of hydrogen-bond donors (Lipinski definition) is 2. The summed E-state index contributed by atoms with van der Waals surface area (Å²) in [4.78, 5) is 28.7. The number of alkyl halides is 3. The zero-order valence-corrected chi connectivity index (χ0v) is 14.7. The van der Waals surface area contributed by atoms with Gasteiger partial charge in [-0.2, -0.15) is 13.2 Å². The van der Waals surface area contributed by atoms with Crippen molar-refractivity contribution in [3.63, 3.8) is 0 Å². The molecule has 0 fully saturated rings. The van der Waals surface area contributed by atoms with Crippen LogP contribution in [0.4, 0.5) is 13.2 Å². The first-order valence-corrected chi connectivity index (χ1v) is 8.46. The number of nitrogens with one attached hydrogen (secondary N) is 2. The summed E-state index contributed by atoms with van der Waals surface area (Å²) in [6.07, 6.45) is 1.67. The molecule has 2 N–H and O–H groups in total. The summed E-state index contributed by atoms with van der Waals surface area (Å²) in [6.45, 7) is 1.67. The number of halogens is 3. The van der Waals surface area contributed by atoms with Gasteiger partial charge >= 0.3 is 5.51 Å². The van der Waals surface area contributed by atoms with Gasteiger partial charge in [-0.3, -0.25) is 24.8 Å². The number of aromatic nitrogens is 2. The largest absolute Gasteiger partial charge is 0.446 e. The van der Waals surface area contributed by atoms with Crippen LogP contribution in [0.25, 0.3) is 5.65 Å². The average Bonchev–Trinajstić information content (AvgIpc) is 2.94. The quantitative estimate of drug-likeness (QED) is 0.528. The molecule has 0 unspecified atom stereocenters. The number of thioether (sulfide) groups is 1. The molecule has 2 amide bonds. The molecule has 0 saturated carbocycles. The third-order valence-corrected chi connectivity index (χ3v) is 4.30. The van der Waals surface area contributed by atoms with Crippen LogP contribution >= 0.6 is 11.8 Å². The number of imidazole rings is 1. The predicted octanol–water partition coefficient (Wildman–Crippen LogP) is 3.33. The SMILES string of the molecule is Cc1nc2ccccn2c1C(=O)NNC(=O)c1ccc(SC(F)(F)F)cc1. The Bertz CT molecular complexity index is 1000. The highest BCUT2D eigenvalue weighted by atomic mass is 32.2. The van der Waals surface area contributed by atoms with Crippen LogP contribution in [0, 0.1) is 6.92 Å². The molecule has 27 heavy (non-hydrogen) atoms. The highest BCUT2D eigenvalue weighted by Crippen LogP contribution is 2.36. The van der Waals surface area contributed by atoms with Crippen LogP contribution in [0.2, 0.25) is 0 Å². The first kappa shape index (κ1) is 18.8. The number of carbonyl (C=O) groups is 2. The Hall–Kier alpha value is -3.01. The standard InChI is InChI=1S/C17H13F3N4O2S/c1-10-14(24-9-3-2-4-13(24)21-10)16(26)23-22-15(25)11-5-7-12(8-6-11)27-17(18,19)20/h2-9H,1H3,(H,22,25)(H,23,26). The van der Waals surface area contributed by atoms with Gasteiger partial charge in [-0.15, -0.1) is 0 Å². The van der Waals surface area contributed by atoms with E-state index in [-0.39, 0.29) is 27.9 Å². The molecule has 140 valence electrons. The number of nitrogens with zero attached hydrogens (tertiary/aromatic N) is 2. The zero-order valence-electron chi connectivity index (χ0n) is 13.9. The van der Waals surface area contributed by atoms with E-state index >= 15 is 0 Å². The number of amides is 2. The number of carbonyl (C=O) groups excluding carboxylic acids is 2. The second-order valence-corrected chi connectivity index (χ2v) is 6.59. The van der Waals surface area contributed by atoms with E-state index in [9.17, 15) is 22.8 Å². The van der Waals surface area contributed by atoms with Gasteiger partial charge < -0.3 is 0 Å². The van der Waals surface area contributed by atoms with E-state index in [1.807, 2.05) is 0 Å². The summed E-state index contributed by atoms with van der Waals surface area (Å²) >= 11 is -0.271. The minimum Gasteiger partial charge on any atom is -0.295 e. The number of pyridine rings is 1. The maximum atomic E-state index is 12.4. The van der Waals surface area contributed by atoms with E-state index < -0.39 is 17.3 Å². The van der Waals surface area contributed by atoms with Crippen molar-refractivity contribution in [3.8, 4) is 0 Å². The van der Waals surface area contributed by atoms with E-state index in [2.05, 4.69) is 15.8 Å². The Morgan fingerprint density at radius 2 is 1.70 bits per heavy atom. The smallest absolute Gasteiger partial charge is 0.295 e. The van der Waals surface area contributed by atoms with Crippen molar-refractivity contribution in [1.82, 2.24) is 20.2 Å². The maximum absolute atomic E-state index is 12.4. The molecule has 0 aliphatic heterocycles. The molecule has 0 radical (unpaired) electrons. The molecule has 3 aromatic rings. The van der Waals surface area contributed by atoms with Crippen molar-refractivity contribution in [1.29, 1.82) is 0 Å². The highest BCUT2D eigenvalue weighted by molar-refractivity contribution is 8.00. The molecule has 0 aliphatic carbocycles. The molecule has 0 spiro atoms. The van der Waals surface area contributed by atoms with Gasteiger partial charge in [0.1, 0.15) is 11.3 Å². The number of benzene rings is 1. The summed E-state index contributed by atoms with van der Waals surface area (Å²) in [5.41, 5.74) is 1.57. The van der Waals surface area contributed by atoms with Gasteiger partial charge in [0.25, 0.3) is 11.8 Å². The Kier molecular flexibility index (Phi) is 5.08. The van der Waals surface area contributed by atoms with E-state index in [1.54, 1.807) is 35.7 Å². The third kappa shape index (κ3) is 4.40. The van der Waals surface area contributed by atoms with Crippen molar-refractivity contribution < 1.29 is 22.8 Å². The maximum Gasteiger partial charge on any atom is 0.446 e. The van der Waals surface area contributed by atoms with Crippen LogP contribution in [-0.2, 0) is 0 Å². The average molecular weight is 394 g/mol. The highest BCUT2D eigenvalue weighted by Gasteiger charge is 2.29. The molecule has 0 saturated heterocycles. The first-order chi connectivity index (χ1) is 12.7. The fourth-order valence-electron chi connectivity index (χ4n) is 2.44. The minimum absolute atomic E-state index is 0.0376. The van der Waals surface area contributed by atoms with Crippen molar-refractivity contribution in [2.75, 3.05) is 0 Å². The van der Waals surface area contributed by atoms with Gasteiger partial charge in [-0.1, -0.05) is 6.07 Å². The van der Waals surface area contributed by atoms with Crippen LogP contribution in [0.15, 0.2) is 53.6 Å². The Balaban J connectivity index is 1.66. The van der Waals surface area contributed by atoms with Crippen molar-refractivity contribution in [2.45, 2.75) is 17.3 Å². The van der Waals surface area contributed by atoms with Crippen molar-refractivity contribution >= 4 is 29.2 Å². The minimum atomic E-state index is -4.40. The Morgan fingerprint density at radius 3 is 2.37 bits per heavy atom. The summed E-state index contributed by atoms with van der Waals surface area (Å²) < 4.78 is 38.5.